The zero-order valence-electron chi connectivity index (χ0n) is 15.6. The summed E-state index contributed by atoms with van der Waals surface area (Å²) in [5.74, 6) is 1.72. The maximum Gasteiger partial charge on any atom is 0.221 e. The lowest BCUT2D eigenvalue weighted by molar-refractivity contribution is -0.114. The van der Waals surface area contributed by atoms with Crippen molar-refractivity contribution in [2.24, 2.45) is 0 Å². The highest BCUT2D eigenvalue weighted by Gasteiger charge is 2.12. The van der Waals surface area contributed by atoms with E-state index < -0.39 is 0 Å². The molecule has 2 N–H and O–H groups in total. The van der Waals surface area contributed by atoms with Gasteiger partial charge in [0.05, 0.1) is 24.4 Å². The lowest BCUT2D eigenvalue weighted by Crippen LogP contribution is -2.08. The molecule has 144 valence electrons. The second-order valence-electron chi connectivity index (χ2n) is 5.66. The molecular weight excluding hydrogens is 412 g/mol. The Morgan fingerprint density at radius 1 is 1.19 bits per heavy atom. The summed E-state index contributed by atoms with van der Waals surface area (Å²) < 4.78 is 17.2. The summed E-state index contributed by atoms with van der Waals surface area (Å²) in [4.78, 5) is 11.2. The van der Waals surface area contributed by atoms with E-state index in [1.807, 2.05) is 24.3 Å². The largest absolute Gasteiger partial charge is 0.494 e. The third-order valence-electron chi connectivity index (χ3n) is 3.64. The first-order chi connectivity index (χ1) is 13.0. The molecule has 6 nitrogen and oxygen atoms in total. The van der Waals surface area contributed by atoms with Crippen molar-refractivity contribution in [3.05, 3.63) is 53.0 Å². The summed E-state index contributed by atoms with van der Waals surface area (Å²) in [7, 11) is 3.17. The van der Waals surface area contributed by atoms with Crippen LogP contribution in [0.25, 0.3) is 0 Å². The molecule has 0 atom stereocenters. The SMILES string of the molecule is C=CCOc1c(Br)cc(CNc2ccc(NC(C)=O)c(OC)c2)cc1OC. The van der Waals surface area contributed by atoms with Gasteiger partial charge in [0.2, 0.25) is 5.91 Å². The number of ether oxygens (including phenoxy) is 3. The van der Waals surface area contributed by atoms with Crippen molar-refractivity contribution in [2.75, 3.05) is 31.5 Å². The van der Waals surface area contributed by atoms with Crippen LogP contribution in [0, 0.1) is 0 Å². The molecule has 0 saturated heterocycles. The molecule has 0 fully saturated rings. The third-order valence-corrected chi connectivity index (χ3v) is 4.23. The Labute approximate surface area is 167 Å². The number of anilines is 2. The fraction of sp³-hybridized carbons (Fsp3) is 0.250. The van der Waals surface area contributed by atoms with Gasteiger partial charge in [-0.1, -0.05) is 12.7 Å². The minimum Gasteiger partial charge on any atom is -0.494 e. The number of hydrogen-bond donors (Lipinski definition) is 2. The quantitative estimate of drug-likeness (QED) is 0.564. The first-order valence-electron chi connectivity index (χ1n) is 8.28. The summed E-state index contributed by atoms with van der Waals surface area (Å²) in [6.07, 6.45) is 1.68. The average Bonchev–Trinajstić information content (AvgIpc) is 2.65. The number of carbonyl (C=O) groups excluding carboxylic acids is 1. The molecule has 0 bridgehead atoms. The molecule has 0 aromatic heterocycles. The summed E-state index contributed by atoms with van der Waals surface area (Å²) in [5.41, 5.74) is 2.50. The van der Waals surface area contributed by atoms with Gasteiger partial charge in [-0.05, 0) is 45.8 Å². The van der Waals surface area contributed by atoms with E-state index >= 15 is 0 Å². The standard InChI is InChI=1S/C20H23BrN2O4/c1-5-8-27-20-16(21)9-14(10-19(20)26-4)12-22-15-6-7-17(23-13(2)24)18(11-15)25-3/h5-7,9-11,22H,1,8,12H2,2-4H3,(H,23,24). The molecule has 0 spiro atoms. The highest BCUT2D eigenvalue weighted by molar-refractivity contribution is 9.10. The third kappa shape index (κ3) is 5.65. The summed E-state index contributed by atoms with van der Waals surface area (Å²) in [5, 5.41) is 6.07. The Bertz CT molecular complexity index is 824. The Hall–Kier alpha value is -2.67. The van der Waals surface area contributed by atoms with Gasteiger partial charge in [0.1, 0.15) is 12.4 Å². The van der Waals surface area contributed by atoms with E-state index in [9.17, 15) is 4.79 Å². The van der Waals surface area contributed by atoms with Crippen LogP contribution in [0.5, 0.6) is 17.2 Å². The minimum atomic E-state index is -0.148. The predicted octanol–water partition coefficient (Wildman–Crippen LogP) is 4.60. The van der Waals surface area contributed by atoms with Crippen molar-refractivity contribution >= 4 is 33.2 Å². The molecule has 2 aromatic rings. The first-order valence-corrected chi connectivity index (χ1v) is 9.07. The normalized spacial score (nSPS) is 10.1. The van der Waals surface area contributed by atoms with Crippen LogP contribution in [-0.4, -0.2) is 26.7 Å². The number of carbonyl (C=O) groups is 1. The fourth-order valence-electron chi connectivity index (χ4n) is 2.46. The number of methoxy groups -OCH3 is 2. The van der Waals surface area contributed by atoms with Crippen molar-refractivity contribution in [3.63, 3.8) is 0 Å². The van der Waals surface area contributed by atoms with Crippen LogP contribution >= 0.6 is 15.9 Å². The Morgan fingerprint density at radius 2 is 1.93 bits per heavy atom. The average molecular weight is 435 g/mol. The molecule has 0 aliphatic heterocycles. The van der Waals surface area contributed by atoms with Crippen LogP contribution in [0.4, 0.5) is 11.4 Å². The van der Waals surface area contributed by atoms with Crippen LogP contribution < -0.4 is 24.8 Å². The number of rotatable bonds is 9. The van der Waals surface area contributed by atoms with Gasteiger partial charge in [-0.25, -0.2) is 0 Å². The van der Waals surface area contributed by atoms with Crippen LogP contribution in [-0.2, 0) is 11.3 Å². The molecule has 0 aliphatic carbocycles. The number of hydrogen-bond acceptors (Lipinski definition) is 5. The van der Waals surface area contributed by atoms with E-state index in [0.717, 1.165) is 15.7 Å². The van der Waals surface area contributed by atoms with Gasteiger partial charge < -0.3 is 24.8 Å². The van der Waals surface area contributed by atoms with E-state index in [1.165, 1.54) is 6.92 Å². The highest BCUT2D eigenvalue weighted by Crippen LogP contribution is 2.37. The molecule has 0 unspecified atom stereocenters. The predicted molar refractivity (Wildman–Crippen MR) is 111 cm³/mol. The van der Waals surface area contributed by atoms with Crippen molar-refractivity contribution in [1.82, 2.24) is 0 Å². The highest BCUT2D eigenvalue weighted by atomic mass is 79.9. The number of halogens is 1. The first kappa shape index (κ1) is 20.6. The molecule has 0 heterocycles. The molecule has 27 heavy (non-hydrogen) atoms. The molecule has 0 aliphatic rings. The molecule has 2 rings (SSSR count). The van der Waals surface area contributed by atoms with E-state index in [1.54, 1.807) is 26.4 Å². The Morgan fingerprint density at radius 3 is 2.56 bits per heavy atom. The summed E-state index contributed by atoms with van der Waals surface area (Å²) in [6, 6.07) is 9.39. The van der Waals surface area contributed by atoms with E-state index in [-0.39, 0.29) is 5.91 Å². The smallest absolute Gasteiger partial charge is 0.221 e. The Kier molecular flexibility index (Phi) is 7.55. The molecule has 2 aromatic carbocycles. The number of amides is 1. The van der Waals surface area contributed by atoms with Crippen molar-refractivity contribution < 1.29 is 19.0 Å². The van der Waals surface area contributed by atoms with Gasteiger partial charge in [-0.3, -0.25) is 4.79 Å². The second kappa shape index (κ2) is 9.87. The van der Waals surface area contributed by atoms with Crippen LogP contribution in [0.3, 0.4) is 0 Å². The Balaban J connectivity index is 2.15. The van der Waals surface area contributed by atoms with Crippen molar-refractivity contribution in [1.29, 1.82) is 0 Å². The molecule has 0 saturated carbocycles. The molecular formula is C20H23BrN2O4. The lowest BCUT2D eigenvalue weighted by Gasteiger charge is -2.15. The molecule has 7 heteroatoms. The lowest BCUT2D eigenvalue weighted by atomic mass is 10.2. The van der Waals surface area contributed by atoms with E-state index in [4.69, 9.17) is 14.2 Å². The van der Waals surface area contributed by atoms with Gasteiger partial charge >= 0.3 is 0 Å². The van der Waals surface area contributed by atoms with Gasteiger partial charge in [0, 0.05) is 25.2 Å². The zero-order chi connectivity index (χ0) is 19.8. The van der Waals surface area contributed by atoms with Crippen molar-refractivity contribution in [3.8, 4) is 17.2 Å². The summed E-state index contributed by atoms with van der Waals surface area (Å²) in [6.45, 7) is 6.08. The maximum absolute atomic E-state index is 11.2. The maximum atomic E-state index is 11.2. The fourth-order valence-corrected chi connectivity index (χ4v) is 3.06. The van der Waals surface area contributed by atoms with E-state index in [0.29, 0.717) is 36.1 Å². The molecule has 1 amide bonds. The zero-order valence-corrected chi connectivity index (χ0v) is 17.2. The van der Waals surface area contributed by atoms with Crippen LogP contribution in [0.15, 0.2) is 47.5 Å². The topological polar surface area (TPSA) is 68.8 Å². The summed E-state index contributed by atoms with van der Waals surface area (Å²) >= 11 is 3.52. The van der Waals surface area contributed by atoms with Gasteiger partial charge in [-0.2, -0.15) is 0 Å². The van der Waals surface area contributed by atoms with Crippen LogP contribution in [0.2, 0.25) is 0 Å². The minimum absolute atomic E-state index is 0.148. The van der Waals surface area contributed by atoms with Gasteiger partial charge in [-0.15, -0.1) is 0 Å². The molecule has 0 radical (unpaired) electrons. The van der Waals surface area contributed by atoms with E-state index in [2.05, 4.69) is 33.1 Å². The van der Waals surface area contributed by atoms with Crippen molar-refractivity contribution in [2.45, 2.75) is 13.5 Å². The van der Waals surface area contributed by atoms with Gasteiger partial charge in [0.25, 0.3) is 0 Å². The monoisotopic (exact) mass is 434 g/mol. The number of nitrogens with one attached hydrogen (secondary N) is 2. The second-order valence-corrected chi connectivity index (χ2v) is 6.51. The van der Waals surface area contributed by atoms with Gasteiger partial charge in [0.15, 0.2) is 11.5 Å². The van der Waals surface area contributed by atoms with Crippen LogP contribution in [0.1, 0.15) is 12.5 Å². The number of benzene rings is 2.